The maximum atomic E-state index is 11.2. The van der Waals surface area contributed by atoms with Gasteiger partial charge in [0.15, 0.2) is 0 Å². The van der Waals surface area contributed by atoms with Crippen molar-refractivity contribution in [3.05, 3.63) is 0 Å². The van der Waals surface area contributed by atoms with Crippen LogP contribution in [0.4, 0.5) is 0 Å². The van der Waals surface area contributed by atoms with Crippen molar-refractivity contribution >= 4 is 11.8 Å². The third kappa shape index (κ3) is 3.65. The van der Waals surface area contributed by atoms with E-state index in [1.54, 1.807) is 0 Å². The Kier molecular flexibility index (Phi) is 4.79. The molecule has 1 rings (SSSR count). The van der Waals surface area contributed by atoms with Crippen molar-refractivity contribution in [2.24, 2.45) is 11.8 Å². The van der Waals surface area contributed by atoms with E-state index in [-0.39, 0.29) is 11.7 Å². The molecule has 0 spiro atoms. The zero-order valence-electron chi connectivity index (χ0n) is 9.37. The fourth-order valence-corrected chi connectivity index (χ4v) is 2.41. The van der Waals surface area contributed by atoms with Crippen molar-refractivity contribution < 1.29 is 14.7 Å². The van der Waals surface area contributed by atoms with Gasteiger partial charge >= 0.3 is 5.97 Å². The SMILES string of the molecule is CCC(=O)CCC(C(=O)O)C1CCCC1. The van der Waals surface area contributed by atoms with Gasteiger partial charge in [-0.15, -0.1) is 0 Å². The van der Waals surface area contributed by atoms with Gasteiger partial charge in [-0.2, -0.15) is 0 Å². The number of carbonyl (C=O) groups is 2. The number of hydrogen-bond donors (Lipinski definition) is 1. The molecule has 0 saturated heterocycles. The first-order valence-corrected chi connectivity index (χ1v) is 5.89. The predicted molar refractivity (Wildman–Crippen MR) is 57.6 cm³/mol. The van der Waals surface area contributed by atoms with Crippen molar-refractivity contribution in [2.75, 3.05) is 0 Å². The summed E-state index contributed by atoms with van der Waals surface area (Å²) in [4.78, 5) is 22.2. The molecule has 0 bridgehead atoms. The Morgan fingerprint density at radius 1 is 1.33 bits per heavy atom. The van der Waals surface area contributed by atoms with Gasteiger partial charge in [0.1, 0.15) is 5.78 Å². The molecule has 0 aromatic rings. The number of rotatable bonds is 6. The number of carbonyl (C=O) groups excluding carboxylic acids is 1. The van der Waals surface area contributed by atoms with Crippen molar-refractivity contribution in [1.29, 1.82) is 0 Å². The van der Waals surface area contributed by atoms with Gasteiger partial charge in [0, 0.05) is 12.8 Å². The summed E-state index contributed by atoms with van der Waals surface area (Å²) >= 11 is 0. The van der Waals surface area contributed by atoms with Crippen LogP contribution in [0.3, 0.4) is 0 Å². The van der Waals surface area contributed by atoms with Gasteiger partial charge in [0.2, 0.25) is 0 Å². The number of carboxylic acids is 1. The molecule has 15 heavy (non-hydrogen) atoms. The van der Waals surface area contributed by atoms with E-state index in [4.69, 9.17) is 5.11 Å². The fourth-order valence-electron chi connectivity index (χ4n) is 2.41. The first-order valence-electron chi connectivity index (χ1n) is 5.89. The largest absolute Gasteiger partial charge is 0.481 e. The summed E-state index contributed by atoms with van der Waals surface area (Å²) in [6.45, 7) is 1.83. The molecule has 0 aliphatic heterocycles. The lowest BCUT2D eigenvalue weighted by Crippen LogP contribution is -2.22. The summed E-state index contributed by atoms with van der Waals surface area (Å²) < 4.78 is 0. The highest BCUT2D eigenvalue weighted by molar-refractivity contribution is 5.79. The van der Waals surface area contributed by atoms with Gasteiger partial charge in [-0.3, -0.25) is 9.59 Å². The minimum absolute atomic E-state index is 0.180. The van der Waals surface area contributed by atoms with Gasteiger partial charge in [-0.05, 0) is 25.2 Å². The summed E-state index contributed by atoms with van der Waals surface area (Å²) in [6.07, 6.45) is 5.84. The summed E-state index contributed by atoms with van der Waals surface area (Å²) in [6, 6.07) is 0. The minimum atomic E-state index is -0.717. The van der Waals surface area contributed by atoms with Crippen molar-refractivity contribution in [2.45, 2.75) is 51.9 Å². The third-order valence-electron chi connectivity index (χ3n) is 3.41. The number of aliphatic carboxylic acids is 1. The smallest absolute Gasteiger partial charge is 0.306 e. The molecule has 1 fully saturated rings. The average Bonchev–Trinajstić information content (AvgIpc) is 2.70. The van der Waals surface area contributed by atoms with Gasteiger partial charge in [-0.1, -0.05) is 19.8 Å². The second-order valence-corrected chi connectivity index (χ2v) is 4.42. The van der Waals surface area contributed by atoms with Crippen LogP contribution in [-0.4, -0.2) is 16.9 Å². The van der Waals surface area contributed by atoms with Crippen LogP contribution in [0, 0.1) is 11.8 Å². The summed E-state index contributed by atoms with van der Waals surface area (Å²) in [5.74, 6) is -0.514. The number of ketones is 1. The van der Waals surface area contributed by atoms with E-state index in [0.717, 1.165) is 25.7 Å². The van der Waals surface area contributed by atoms with Crippen LogP contribution in [0.5, 0.6) is 0 Å². The second-order valence-electron chi connectivity index (χ2n) is 4.42. The molecule has 1 unspecified atom stereocenters. The highest BCUT2D eigenvalue weighted by Crippen LogP contribution is 2.33. The molecule has 1 saturated carbocycles. The fraction of sp³-hybridized carbons (Fsp3) is 0.833. The standard InChI is InChI=1S/C12H20O3/c1-2-10(13)7-8-11(12(14)15)9-5-3-4-6-9/h9,11H,2-8H2,1H3,(H,14,15). The maximum Gasteiger partial charge on any atom is 0.306 e. The average molecular weight is 212 g/mol. The first-order chi connectivity index (χ1) is 7.15. The van der Waals surface area contributed by atoms with E-state index in [1.807, 2.05) is 6.92 Å². The van der Waals surface area contributed by atoms with E-state index in [2.05, 4.69) is 0 Å². The molecule has 3 nitrogen and oxygen atoms in total. The van der Waals surface area contributed by atoms with Crippen LogP contribution in [0.2, 0.25) is 0 Å². The Morgan fingerprint density at radius 2 is 1.93 bits per heavy atom. The molecule has 1 aliphatic carbocycles. The lowest BCUT2D eigenvalue weighted by molar-refractivity contribution is -0.144. The van der Waals surface area contributed by atoms with Crippen LogP contribution in [0.15, 0.2) is 0 Å². The van der Waals surface area contributed by atoms with Crippen molar-refractivity contribution in [3.63, 3.8) is 0 Å². The molecule has 0 aromatic carbocycles. The van der Waals surface area contributed by atoms with E-state index in [0.29, 0.717) is 25.2 Å². The number of hydrogen-bond acceptors (Lipinski definition) is 2. The van der Waals surface area contributed by atoms with E-state index in [1.165, 1.54) is 0 Å². The van der Waals surface area contributed by atoms with Gasteiger partial charge in [0.25, 0.3) is 0 Å². The van der Waals surface area contributed by atoms with Crippen LogP contribution in [0.1, 0.15) is 51.9 Å². The lowest BCUT2D eigenvalue weighted by Gasteiger charge is -2.18. The molecule has 0 heterocycles. The normalized spacial score (nSPS) is 19.0. The number of Topliss-reactive ketones (excluding diaryl/α,β-unsaturated/α-hetero) is 1. The van der Waals surface area contributed by atoms with Crippen molar-refractivity contribution in [1.82, 2.24) is 0 Å². The van der Waals surface area contributed by atoms with E-state index in [9.17, 15) is 9.59 Å². The second kappa shape index (κ2) is 5.89. The number of carboxylic acid groups (broad SMARTS) is 1. The van der Waals surface area contributed by atoms with Crippen LogP contribution < -0.4 is 0 Å². The Balaban J connectivity index is 2.43. The Morgan fingerprint density at radius 3 is 2.40 bits per heavy atom. The topological polar surface area (TPSA) is 54.4 Å². The monoisotopic (exact) mass is 212 g/mol. The van der Waals surface area contributed by atoms with Gasteiger partial charge in [-0.25, -0.2) is 0 Å². The zero-order chi connectivity index (χ0) is 11.3. The molecule has 3 heteroatoms. The molecule has 1 atom stereocenters. The lowest BCUT2D eigenvalue weighted by atomic mass is 9.86. The summed E-state index contributed by atoms with van der Waals surface area (Å²) in [5, 5.41) is 9.11. The highest BCUT2D eigenvalue weighted by Gasteiger charge is 2.30. The molecule has 1 N–H and O–H groups in total. The highest BCUT2D eigenvalue weighted by atomic mass is 16.4. The summed E-state index contributed by atoms with van der Waals surface area (Å²) in [5.41, 5.74) is 0. The first kappa shape index (κ1) is 12.2. The molecule has 0 radical (unpaired) electrons. The Labute approximate surface area is 90.9 Å². The molecule has 0 amide bonds. The Hall–Kier alpha value is -0.860. The van der Waals surface area contributed by atoms with Crippen LogP contribution >= 0.6 is 0 Å². The molecule has 0 aromatic heterocycles. The van der Waals surface area contributed by atoms with Crippen LogP contribution in [0.25, 0.3) is 0 Å². The van der Waals surface area contributed by atoms with E-state index >= 15 is 0 Å². The van der Waals surface area contributed by atoms with Gasteiger partial charge < -0.3 is 5.11 Å². The third-order valence-corrected chi connectivity index (χ3v) is 3.41. The molecule has 86 valence electrons. The summed E-state index contributed by atoms with van der Waals surface area (Å²) in [7, 11) is 0. The Bertz CT molecular complexity index is 229. The molecular weight excluding hydrogens is 192 g/mol. The molecule has 1 aliphatic rings. The van der Waals surface area contributed by atoms with E-state index < -0.39 is 5.97 Å². The quantitative estimate of drug-likeness (QED) is 0.736. The van der Waals surface area contributed by atoms with Crippen LogP contribution in [-0.2, 0) is 9.59 Å². The predicted octanol–water partition coefficient (Wildman–Crippen LogP) is 2.64. The van der Waals surface area contributed by atoms with Crippen molar-refractivity contribution in [3.8, 4) is 0 Å². The molecular formula is C12H20O3. The maximum absolute atomic E-state index is 11.2. The minimum Gasteiger partial charge on any atom is -0.481 e. The zero-order valence-corrected chi connectivity index (χ0v) is 9.37. The van der Waals surface area contributed by atoms with Gasteiger partial charge in [0.05, 0.1) is 5.92 Å².